The van der Waals surface area contributed by atoms with E-state index in [2.05, 4.69) is 15.5 Å². The molecule has 1 aliphatic rings. The normalized spacial score (nSPS) is 19.6. The van der Waals surface area contributed by atoms with Crippen molar-refractivity contribution in [3.05, 3.63) is 48.0 Å². The molecule has 2 aromatic rings. The van der Waals surface area contributed by atoms with Crippen LogP contribution in [0.2, 0.25) is 0 Å². The first kappa shape index (κ1) is 15.2. The number of carbonyl (C=O) groups excluding carboxylic acids is 1. The van der Waals surface area contributed by atoms with Crippen molar-refractivity contribution in [2.75, 3.05) is 0 Å². The van der Waals surface area contributed by atoms with Gasteiger partial charge in [0.15, 0.2) is 5.17 Å². The highest BCUT2D eigenvalue weighted by Crippen LogP contribution is 2.22. The van der Waals surface area contributed by atoms with Crippen molar-refractivity contribution >= 4 is 45.8 Å². The summed E-state index contributed by atoms with van der Waals surface area (Å²) in [6, 6.07) is 13.8. The van der Waals surface area contributed by atoms with E-state index >= 15 is 0 Å². The summed E-state index contributed by atoms with van der Waals surface area (Å²) in [6.07, 6.45) is 1.38. The third-order valence-electron chi connectivity index (χ3n) is 3.31. The Kier molecular flexibility index (Phi) is 4.38. The topological polar surface area (TPSA) is 91.1 Å². The van der Waals surface area contributed by atoms with Crippen LogP contribution in [0.5, 0.6) is 0 Å². The molecule has 0 spiro atoms. The first-order valence-corrected chi connectivity index (χ1v) is 7.79. The van der Waals surface area contributed by atoms with Gasteiger partial charge in [0.1, 0.15) is 5.25 Å². The van der Waals surface area contributed by atoms with E-state index in [1.165, 1.54) is 0 Å². The van der Waals surface area contributed by atoms with E-state index in [1.807, 2.05) is 42.5 Å². The Hall–Kier alpha value is -2.67. The van der Waals surface area contributed by atoms with Crippen LogP contribution in [-0.2, 0) is 9.59 Å². The second kappa shape index (κ2) is 6.62. The number of amides is 1. The van der Waals surface area contributed by atoms with Crippen LogP contribution >= 0.6 is 11.8 Å². The van der Waals surface area contributed by atoms with Crippen LogP contribution in [0.15, 0.2) is 52.7 Å². The lowest BCUT2D eigenvalue weighted by Gasteiger charge is -2.00. The maximum absolute atomic E-state index is 11.6. The van der Waals surface area contributed by atoms with E-state index in [9.17, 15) is 9.59 Å². The smallest absolute Gasteiger partial charge is 0.305 e. The largest absolute Gasteiger partial charge is 0.481 e. The van der Waals surface area contributed by atoms with Crippen molar-refractivity contribution < 1.29 is 14.7 Å². The van der Waals surface area contributed by atoms with Crippen LogP contribution in [0.3, 0.4) is 0 Å². The zero-order chi connectivity index (χ0) is 16.2. The number of benzene rings is 2. The number of hydrogen-bond acceptors (Lipinski definition) is 5. The number of hydrogen-bond donors (Lipinski definition) is 2. The zero-order valence-corrected chi connectivity index (χ0v) is 12.8. The standard InChI is InChI=1S/C16H13N3O3S/c20-14(21)8-13-15(22)18-16(23-13)19-17-9-11-6-3-5-10-4-1-2-7-12(10)11/h1-7,9,13H,8H2,(H,20,21)(H,18,19,22). The summed E-state index contributed by atoms with van der Waals surface area (Å²) in [4.78, 5) is 22.3. The molecule has 1 atom stereocenters. The molecule has 0 saturated carbocycles. The minimum atomic E-state index is -1.02. The van der Waals surface area contributed by atoms with Gasteiger partial charge in [0.05, 0.1) is 12.6 Å². The lowest BCUT2D eigenvalue weighted by atomic mass is 10.1. The van der Waals surface area contributed by atoms with Crippen molar-refractivity contribution in [3.8, 4) is 0 Å². The van der Waals surface area contributed by atoms with E-state index < -0.39 is 11.2 Å². The van der Waals surface area contributed by atoms with Gasteiger partial charge in [-0.1, -0.05) is 54.2 Å². The highest BCUT2D eigenvalue weighted by molar-refractivity contribution is 8.15. The number of carbonyl (C=O) groups is 2. The average Bonchev–Trinajstić information content (AvgIpc) is 2.87. The molecule has 23 heavy (non-hydrogen) atoms. The third kappa shape index (κ3) is 3.57. The average molecular weight is 327 g/mol. The second-order valence-corrected chi connectivity index (χ2v) is 6.10. The monoisotopic (exact) mass is 327 g/mol. The molecular formula is C16H13N3O3S. The lowest BCUT2D eigenvalue weighted by molar-refractivity contribution is -0.138. The summed E-state index contributed by atoms with van der Waals surface area (Å²) in [5, 5.41) is 21.1. The predicted molar refractivity (Wildman–Crippen MR) is 90.8 cm³/mol. The number of carboxylic acid groups (broad SMARTS) is 1. The Bertz CT molecular complexity index is 827. The number of amidine groups is 1. The summed E-state index contributed by atoms with van der Waals surface area (Å²) in [6.45, 7) is 0. The number of fused-ring (bicyclic) bond motifs is 1. The Morgan fingerprint density at radius 2 is 2.04 bits per heavy atom. The Balaban J connectivity index is 1.76. The molecule has 7 heteroatoms. The molecule has 6 nitrogen and oxygen atoms in total. The quantitative estimate of drug-likeness (QED) is 0.665. The molecule has 0 aliphatic carbocycles. The van der Waals surface area contributed by atoms with Gasteiger partial charge in [0, 0.05) is 5.56 Å². The fraction of sp³-hybridized carbons (Fsp3) is 0.125. The van der Waals surface area contributed by atoms with E-state index in [0.717, 1.165) is 28.1 Å². The van der Waals surface area contributed by atoms with Crippen LogP contribution in [0.1, 0.15) is 12.0 Å². The molecule has 1 aliphatic heterocycles. The van der Waals surface area contributed by atoms with Crippen LogP contribution < -0.4 is 5.32 Å². The molecule has 2 N–H and O–H groups in total. The van der Waals surface area contributed by atoms with E-state index in [1.54, 1.807) is 6.21 Å². The Labute approximate surface area is 136 Å². The molecule has 1 amide bonds. The van der Waals surface area contributed by atoms with Crippen LogP contribution in [0, 0.1) is 0 Å². The molecule has 0 radical (unpaired) electrons. The number of aliphatic carboxylic acids is 1. The molecule has 2 aromatic carbocycles. The molecule has 3 rings (SSSR count). The summed E-state index contributed by atoms with van der Waals surface area (Å²) in [5.41, 5.74) is 0.920. The van der Waals surface area contributed by atoms with Crippen LogP contribution in [0.25, 0.3) is 10.8 Å². The van der Waals surface area contributed by atoms with Crippen molar-refractivity contribution in [2.45, 2.75) is 11.7 Å². The van der Waals surface area contributed by atoms with Gasteiger partial charge in [-0.05, 0) is 10.8 Å². The van der Waals surface area contributed by atoms with Gasteiger partial charge in [-0.25, -0.2) is 0 Å². The molecule has 116 valence electrons. The number of rotatable bonds is 4. The van der Waals surface area contributed by atoms with Gasteiger partial charge in [0.25, 0.3) is 0 Å². The van der Waals surface area contributed by atoms with Crippen molar-refractivity contribution in [3.63, 3.8) is 0 Å². The third-order valence-corrected chi connectivity index (χ3v) is 4.38. The van der Waals surface area contributed by atoms with Crippen LogP contribution in [0.4, 0.5) is 0 Å². The van der Waals surface area contributed by atoms with Crippen molar-refractivity contribution in [1.82, 2.24) is 5.32 Å². The number of nitrogens with one attached hydrogen (secondary N) is 1. The van der Waals surface area contributed by atoms with Gasteiger partial charge in [-0.15, -0.1) is 5.10 Å². The molecule has 1 saturated heterocycles. The van der Waals surface area contributed by atoms with Gasteiger partial charge < -0.3 is 10.4 Å². The fourth-order valence-corrected chi connectivity index (χ4v) is 3.17. The van der Waals surface area contributed by atoms with Gasteiger partial charge in [-0.2, -0.15) is 5.10 Å². The number of carboxylic acids is 1. The van der Waals surface area contributed by atoms with Gasteiger partial charge in [0.2, 0.25) is 5.91 Å². The second-order valence-electron chi connectivity index (χ2n) is 4.91. The molecule has 1 unspecified atom stereocenters. The molecule has 0 bridgehead atoms. The predicted octanol–water partition coefficient (Wildman–Crippen LogP) is 2.24. The summed E-state index contributed by atoms with van der Waals surface area (Å²) < 4.78 is 0. The summed E-state index contributed by atoms with van der Waals surface area (Å²) in [7, 11) is 0. The van der Waals surface area contributed by atoms with E-state index in [4.69, 9.17) is 5.11 Å². The van der Waals surface area contributed by atoms with E-state index in [0.29, 0.717) is 5.17 Å². The highest BCUT2D eigenvalue weighted by Gasteiger charge is 2.32. The molecule has 1 fully saturated rings. The van der Waals surface area contributed by atoms with Gasteiger partial charge >= 0.3 is 5.97 Å². The van der Waals surface area contributed by atoms with Crippen molar-refractivity contribution in [2.24, 2.45) is 10.2 Å². The minimum Gasteiger partial charge on any atom is -0.481 e. The zero-order valence-electron chi connectivity index (χ0n) is 12.0. The minimum absolute atomic E-state index is 0.234. The maximum atomic E-state index is 11.6. The number of thioether (sulfide) groups is 1. The first-order valence-electron chi connectivity index (χ1n) is 6.91. The SMILES string of the molecule is O=C(O)CC1SC(=NN=Cc2cccc3ccccc23)NC1=O. The molecular weight excluding hydrogens is 314 g/mol. The molecule has 1 heterocycles. The van der Waals surface area contributed by atoms with Gasteiger partial charge in [-0.3, -0.25) is 9.59 Å². The highest BCUT2D eigenvalue weighted by atomic mass is 32.2. The maximum Gasteiger partial charge on any atom is 0.305 e. The summed E-state index contributed by atoms with van der Waals surface area (Å²) in [5.74, 6) is -1.37. The molecule has 0 aromatic heterocycles. The first-order chi connectivity index (χ1) is 11.1. The summed E-state index contributed by atoms with van der Waals surface area (Å²) >= 11 is 1.08. The Morgan fingerprint density at radius 1 is 1.26 bits per heavy atom. The van der Waals surface area contributed by atoms with Crippen molar-refractivity contribution in [1.29, 1.82) is 0 Å². The van der Waals surface area contributed by atoms with Crippen LogP contribution in [-0.4, -0.2) is 33.6 Å². The lowest BCUT2D eigenvalue weighted by Crippen LogP contribution is -2.26. The van der Waals surface area contributed by atoms with E-state index in [-0.39, 0.29) is 12.3 Å². The fourth-order valence-electron chi connectivity index (χ4n) is 2.25. The number of nitrogens with zero attached hydrogens (tertiary/aromatic N) is 2. The Morgan fingerprint density at radius 3 is 2.87 bits per heavy atom.